The van der Waals surface area contributed by atoms with Gasteiger partial charge in [0.25, 0.3) is 0 Å². The maximum atomic E-state index is 12.3. The molecule has 0 saturated heterocycles. The van der Waals surface area contributed by atoms with Crippen LogP contribution in [0.1, 0.15) is 0 Å². The summed E-state index contributed by atoms with van der Waals surface area (Å²) in [7, 11) is -1.75. The molecule has 0 aliphatic rings. The topological polar surface area (TPSA) is 116 Å². The van der Waals surface area contributed by atoms with Crippen molar-refractivity contribution in [3.8, 4) is 0 Å². The summed E-state index contributed by atoms with van der Waals surface area (Å²) in [6, 6.07) is 10.2. The number of carbonyl (C=O) groups excluding carboxylic acids is 1. The fourth-order valence-electron chi connectivity index (χ4n) is 2.34. The van der Waals surface area contributed by atoms with E-state index in [0.717, 1.165) is 8.61 Å². The number of anilines is 2. The van der Waals surface area contributed by atoms with Gasteiger partial charge in [-0.1, -0.05) is 17.7 Å². The van der Waals surface area contributed by atoms with Crippen molar-refractivity contribution in [2.45, 2.75) is 9.79 Å². The number of nitrogens with one attached hydrogen (secondary N) is 2. The van der Waals surface area contributed by atoms with E-state index in [9.17, 15) is 21.6 Å². The summed E-state index contributed by atoms with van der Waals surface area (Å²) in [4.78, 5) is 12.2. The van der Waals surface area contributed by atoms with Crippen LogP contribution >= 0.6 is 11.6 Å². The zero-order chi connectivity index (χ0) is 22.7. The first-order valence-corrected chi connectivity index (χ1v) is 11.9. The van der Waals surface area contributed by atoms with E-state index < -0.39 is 26.0 Å². The molecule has 2 aromatic carbocycles. The van der Waals surface area contributed by atoms with Crippen LogP contribution in [0, 0.1) is 0 Å². The SMILES string of the molecule is CN(C)S(=O)(=O)c1cccc(NCC(=O)Nc2ccc(Cl)c(S(=O)(=O)N(C)C)c2)c1. The highest BCUT2D eigenvalue weighted by Gasteiger charge is 2.21. The molecule has 0 atom stereocenters. The molecule has 2 N–H and O–H groups in total. The smallest absolute Gasteiger partial charge is 0.244 e. The van der Waals surface area contributed by atoms with Gasteiger partial charge in [-0.05, 0) is 36.4 Å². The molecule has 0 radical (unpaired) electrons. The number of carbonyl (C=O) groups is 1. The van der Waals surface area contributed by atoms with Gasteiger partial charge in [0.05, 0.1) is 16.5 Å². The van der Waals surface area contributed by atoms with Crippen LogP contribution in [0.5, 0.6) is 0 Å². The number of sulfonamides is 2. The minimum atomic E-state index is -3.77. The van der Waals surface area contributed by atoms with Crippen LogP contribution in [-0.2, 0) is 24.8 Å². The molecule has 0 bridgehead atoms. The molecule has 30 heavy (non-hydrogen) atoms. The Balaban J connectivity index is 2.11. The summed E-state index contributed by atoms with van der Waals surface area (Å²) < 4.78 is 51.2. The quantitative estimate of drug-likeness (QED) is 0.603. The Morgan fingerprint density at radius 2 is 1.53 bits per heavy atom. The van der Waals surface area contributed by atoms with Crippen molar-refractivity contribution in [1.29, 1.82) is 0 Å². The Kier molecular flexibility index (Phi) is 7.48. The fourth-order valence-corrected chi connectivity index (χ4v) is 4.68. The monoisotopic (exact) mass is 474 g/mol. The lowest BCUT2D eigenvalue weighted by molar-refractivity contribution is -0.114. The summed E-state index contributed by atoms with van der Waals surface area (Å²) in [5.41, 5.74) is 0.704. The largest absolute Gasteiger partial charge is 0.376 e. The van der Waals surface area contributed by atoms with Gasteiger partial charge in [-0.3, -0.25) is 4.79 Å². The van der Waals surface area contributed by atoms with Crippen LogP contribution in [-0.4, -0.2) is 66.1 Å². The van der Waals surface area contributed by atoms with E-state index in [0.29, 0.717) is 5.69 Å². The van der Waals surface area contributed by atoms with Gasteiger partial charge >= 0.3 is 0 Å². The molecule has 0 aromatic heterocycles. The Bertz CT molecular complexity index is 1150. The van der Waals surface area contributed by atoms with Gasteiger partial charge in [0.2, 0.25) is 26.0 Å². The number of hydrogen-bond donors (Lipinski definition) is 2. The molecule has 0 fully saturated rings. The van der Waals surface area contributed by atoms with Crippen LogP contribution in [0.4, 0.5) is 11.4 Å². The van der Waals surface area contributed by atoms with Gasteiger partial charge in [-0.25, -0.2) is 25.4 Å². The highest BCUT2D eigenvalue weighted by atomic mass is 35.5. The molecule has 0 aliphatic carbocycles. The molecule has 2 rings (SSSR count). The van der Waals surface area contributed by atoms with E-state index in [1.54, 1.807) is 12.1 Å². The molecule has 0 unspecified atom stereocenters. The Hall–Kier alpha value is -2.18. The Morgan fingerprint density at radius 1 is 0.900 bits per heavy atom. The predicted molar refractivity (Wildman–Crippen MR) is 117 cm³/mol. The van der Waals surface area contributed by atoms with Crippen molar-refractivity contribution >= 4 is 48.9 Å². The second kappa shape index (κ2) is 9.31. The maximum absolute atomic E-state index is 12.3. The van der Waals surface area contributed by atoms with Gasteiger partial charge in [-0.2, -0.15) is 0 Å². The molecule has 2 aromatic rings. The third kappa shape index (κ3) is 5.49. The van der Waals surface area contributed by atoms with Crippen molar-refractivity contribution in [2.24, 2.45) is 0 Å². The molecule has 0 heterocycles. The van der Waals surface area contributed by atoms with E-state index in [1.165, 1.54) is 58.5 Å². The van der Waals surface area contributed by atoms with Crippen LogP contribution in [0.15, 0.2) is 52.3 Å². The fraction of sp³-hybridized carbons (Fsp3) is 0.278. The van der Waals surface area contributed by atoms with Crippen molar-refractivity contribution in [2.75, 3.05) is 45.4 Å². The third-order valence-corrected chi connectivity index (χ3v) is 8.15. The van der Waals surface area contributed by atoms with Gasteiger partial charge in [0, 0.05) is 39.6 Å². The van der Waals surface area contributed by atoms with Crippen LogP contribution < -0.4 is 10.6 Å². The molecule has 1 amide bonds. The second-order valence-corrected chi connectivity index (χ2v) is 11.3. The average Bonchev–Trinajstić information content (AvgIpc) is 2.67. The number of nitrogens with zero attached hydrogens (tertiary/aromatic N) is 2. The van der Waals surface area contributed by atoms with E-state index >= 15 is 0 Å². The van der Waals surface area contributed by atoms with Gasteiger partial charge < -0.3 is 10.6 Å². The minimum absolute atomic E-state index is 0.0405. The first kappa shape index (κ1) is 24.1. The minimum Gasteiger partial charge on any atom is -0.376 e. The highest BCUT2D eigenvalue weighted by Crippen LogP contribution is 2.27. The first-order chi connectivity index (χ1) is 13.9. The van der Waals surface area contributed by atoms with Crippen molar-refractivity contribution < 1.29 is 21.6 Å². The number of hydrogen-bond acceptors (Lipinski definition) is 6. The molecule has 0 spiro atoms. The average molecular weight is 475 g/mol. The van der Waals surface area contributed by atoms with E-state index in [4.69, 9.17) is 11.6 Å². The molecule has 12 heteroatoms. The summed E-state index contributed by atoms with van der Waals surface area (Å²) in [6.07, 6.45) is 0. The molecule has 0 saturated carbocycles. The van der Waals surface area contributed by atoms with Gasteiger partial charge in [0.15, 0.2) is 0 Å². The van der Waals surface area contributed by atoms with Crippen molar-refractivity contribution in [3.05, 3.63) is 47.5 Å². The number of rotatable bonds is 8. The van der Waals surface area contributed by atoms with Gasteiger partial charge in [0.1, 0.15) is 4.90 Å². The Morgan fingerprint density at radius 3 is 2.13 bits per heavy atom. The lowest BCUT2D eigenvalue weighted by atomic mass is 10.3. The van der Waals surface area contributed by atoms with Crippen LogP contribution in [0.25, 0.3) is 0 Å². The molecule has 9 nitrogen and oxygen atoms in total. The highest BCUT2D eigenvalue weighted by molar-refractivity contribution is 7.89. The summed E-state index contributed by atoms with van der Waals surface area (Å²) in [5, 5.41) is 5.47. The summed E-state index contributed by atoms with van der Waals surface area (Å²) >= 11 is 5.99. The van der Waals surface area contributed by atoms with E-state index in [1.807, 2.05) is 0 Å². The number of amides is 1. The van der Waals surface area contributed by atoms with Crippen LogP contribution in [0.3, 0.4) is 0 Å². The predicted octanol–water partition coefficient (Wildman–Crippen LogP) is 1.89. The molecule has 164 valence electrons. The normalized spacial score (nSPS) is 12.2. The molecule has 0 aliphatic heterocycles. The van der Waals surface area contributed by atoms with Crippen molar-refractivity contribution in [1.82, 2.24) is 8.61 Å². The standard InChI is InChI=1S/C18H23ClN4O5S2/c1-22(2)29(25,26)15-7-5-6-13(10-15)20-12-18(24)21-14-8-9-16(19)17(11-14)30(27,28)23(3)4/h5-11,20H,12H2,1-4H3,(H,21,24). The lowest BCUT2D eigenvalue weighted by Gasteiger charge is -2.15. The first-order valence-electron chi connectivity index (χ1n) is 8.64. The third-order valence-electron chi connectivity index (χ3n) is 4.04. The molecular formula is C18H23ClN4O5S2. The van der Waals surface area contributed by atoms with Gasteiger partial charge in [-0.15, -0.1) is 0 Å². The van der Waals surface area contributed by atoms with Crippen LogP contribution in [0.2, 0.25) is 5.02 Å². The zero-order valence-electron chi connectivity index (χ0n) is 16.9. The van der Waals surface area contributed by atoms with E-state index in [-0.39, 0.29) is 27.0 Å². The Labute approximate surface area is 181 Å². The number of benzene rings is 2. The summed E-state index contributed by atoms with van der Waals surface area (Å²) in [5.74, 6) is -0.452. The zero-order valence-corrected chi connectivity index (χ0v) is 19.3. The lowest BCUT2D eigenvalue weighted by Crippen LogP contribution is -2.24. The van der Waals surface area contributed by atoms with E-state index in [2.05, 4.69) is 10.6 Å². The second-order valence-electron chi connectivity index (χ2n) is 6.65. The maximum Gasteiger partial charge on any atom is 0.244 e. The summed E-state index contributed by atoms with van der Waals surface area (Å²) in [6.45, 7) is -0.163. The molecular weight excluding hydrogens is 452 g/mol. The van der Waals surface area contributed by atoms with Crippen molar-refractivity contribution in [3.63, 3.8) is 0 Å². The number of halogens is 1.